The summed E-state index contributed by atoms with van der Waals surface area (Å²) in [6.45, 7) is 4.32. The highest BCUT2D eigenvalue weighted by Crippen LogP contribution is 2.31. The van der Waals surface area contributed by atoms with E-state index in [1.54, 1.807) is 30.3 Å². The zero-order valence-corrected chi connectivity index (χ0v) is 24.2. The van der Waals surface area contributed by atoms with Gasteiger partial charge in [0.25, 0.3) is 11.8 Å². The lowest BCUT2D eigenvalue weighted by Gasteiger charge is -2.11. The summed E-state index contributed by atoms with van der Waals surface area (Å²) in [6.07, 6.45) is 0. The van der Waals surface area contributed by atoms with Gasteiger partial charge in [-0.15, -0.1) is 11.3 Å². The average Bonchev–Trinajstić information content (AvgIpc) is 3.39. The first-order valence-corrected chi connectivity index (χ1v) is 14.8. The van der Waals surface area contributed by atoms with Gasteiger partial charge in [0.2, 0.25) is 5.91 Å². The van der Waals surface area contributed by atoms with Crippen LogP contribution in [-0.4, -0.2) is 28.5 Å². The van der Waals surface area contributed by atoms with Gasteiger partial charge in [-0.3, -0.25) is 14.4 Å². The van der Waals surface area contributed by atoms with Crippen molar-refractivity contribution in [3.05, 3.63) is 119 Å². The summed E-state index contributed by atoms with van der Waals surface area (Å²) in [5.41, 5.74) is 5.85. The molecule has 3 N–H and O–H groups in total. The molecule has 1 aromatic heterocycles. The van der Waals surface area contributed by atoms with Gasteiger partial charge in [0.15, 0.2) is 4.34 Å². The number of carbonyl (C=O) groups is 3. The fourth-order valence-corrected chi connectivity index (χ4v) is 6.09. The highest BCUT2D eigenvalue weighted by atomic mass is 32.2. The smallest absolute Gasteiger partial charge is 0.256 e. The molecule has 0 fully saturated rings. The number of anilines is 2. The van der Waals surface area contributed by atoms with Crippen LogP contribution in [0.5, 0.6) is 0 Å². The van der Waals surface area contributed by atoms with Crippen molar-refractivity contribution in [1.82, 2.24) is 10.3 Å². The van der Waals surface area contributed by atoms with Crippen molar-refractivity contribution in [2.75, 3.05) is 16.4 Å². The quantitative estimate of drug-likeness (QED) is 0.166. The number of amides is 3. The van der Waals surface area contributed by atoms with E-state index in [1.807, 2.05) is 74.5 Å². The standard InChI is InChI=1S/C32H28N4O3S2/c1-20-12-13-21(2)27(16-20)35-29(37)19-40-32-36-26-15-14-23(17-28(26)41-32)34-31(39)25-11-7-6-10-24(25)30(38)33-18-22-8-4-3-5-9-22/h3-17H,18-19H2,1-2H3,(H,33,38)(H,34,39)(H,35,37). The van der Waals surface area contributed by atoms with E-state index in [2.05, 4.69) is 20.9 Å². The van der Waals surface area contributed by atoms with E-state index in [0.717, 1.165) is 36.9 Å². The van der Waals surface area contributed by atoms with Crippen LogP contribution in [0.15, 0.2) is 95.3 Å². The van der Waals surface area contributed by atoms with Crippen LogP contribution in [0.1, 0.15) is 37.4 Å². The highest BCUT2D eigenvalue weighted by molar-refractivity contribution is 8.01. The Hall–Kier alpha value is -4.47. The zero-order chi connectivity index (χ0) is 28.8. The fraction of sp³-hybridized carbons (Fsp3) is 0.125. The van der Waals surface area contributed by atoms with Crippen LogP contribution in [-0.2, 0) is 11.3 Å². The fourth-order valence-electron chi connectivity index (χ4n) is 4.18. The normalized spacial score (nSPS) is 10.8. The molecule has 0 saturated carbocycles. The van der Waals surface area contributed by atoms with Crippen molar-refractivity contribution < 1.29 is 14.4 Å². The Morgan fingerprint density at radius 3 is 2.32 bits per heavy atom. The van der Waals surface area contributed by atoms with Crippen molar-refractivity contribution in [3.63, 3.8) is 0 Å². The number of hydrogen-bond acceptors (Lipinski definition) is 6. The summed E-state index contributed by atoms with van der Waals surface area (Å²) in [4.78, 5) is 43.2. The predicted molar refractivity (Wildman–Crippen MR) is 167 cm³/mol. The maximum Gasteiger partial charge on any atom is 0.256 e. The summed E-state index contributed by atoms with van der Waals surface area (Å²) in [5, 5.41) is 8.76. The molecule has 0 atom stereocenters. The molecule has 5 aromatic rings. The number of carbonyl (C=O) groups excluding carboxylic acids is 3. The molecular weight excluding hydrogens is 553 g/mol. The summed E-state index contributed by atoms with van der Waals surface area (Å²) in [7, 11) is 0. The lowest BCUT2D eigenvalue weighted by atomic mass is 10.1. The molecule has 41 heavy (non-hydrogen) atoms. The van der Waals surface area contributed by atoms with E-state index < -0.39 is 0 Å². The Morgan fingerprint density at radius 2 is 1.54 bits per heavy atom. The number of nitrogens with zero attached hydrogens (tertiary/aromatic N) is 1. The second kappa shape index (κ2) is 12.8. The molecule has 0 aliphatic carbocycles. The third-order valence-electron chi connectivity index (χ3n) is 6.33. The van der Waals surface area contributed by atoms with Gasteiger partial charge in [-0.25, -0.2) is 4.98 Å². The molecule has 0 bridgehead atoms. The third kappa shape index (κ3) is 7.19. The van der Waals surface area contributed by atoms with Crippen LogP contribution >= 0.6 is 23.1 Å². The van der Waals surface area contributed by atoms with Gasteiger partial charge in [0.05, 0.1) is 27.1 Å². The number of aryl methyl sites for hydroxylation is 2. The first-order valence-electron chi connectivity index (χ1n) is 13.0. The van der Waals surface area contributed by atoms with Crippen LogP contribution in [0.25, 0.3) is 10.2 Å². The highest BCUT2D eigenvalue weighted by Gasteiger charge is 2.17. The number of hydrogen-bond donors (Lipinski definition) is 3. The molecule has 4 aromatic carbocycles. The number of benzene rings is 4. The monoisotopic (exact) mass is 580 g/mol. The second-order valence-corrected chi connectivity index (χ2v) is 11.7. The summed E-state index contributed by atoms with van der Waals surface area (Å²) in [5.74, 6) is -0.555. The minimum Gasteiger partial charge on any atom is -0.348 e. The number of rotatable bonds is 9. The second-order valence-electron chi connectivity index (χ2n) is 9.49. The molecular formula is C32H28N4O3S2. The van der Waals surface area contributed by atoms with E-state index in [1.165, 1.54) is 23.1 Å². The topological polar surface area (TPSA) is 100 Å². The van der Waals surface area contributed by atoms with E-state index in [-0.39, 0.29) is 29.0 Å². The first-order chi connectivity index (χ1) is 19.9. The minimum absolute atomic E-state index is 0.0950. The number of nitrogens with one attached hydrogen (secondary N) is 3. The molecule has 0 saturated heterocycles. The molecule has 206 valence electrons. The molecule has 0 aliphatic rings. The van der Waals surface area contributed by atoms with E-state index >= 15 is 0 Å². The van der Waals surface area contributed by atoms with Gasteiger partial charge in [0.1, 0.15) is 0 Å². The number of thioether (sulfide) groups is 1. The Kier molecular flexibility index (Phi) is 8.76. The van der Waals surface area contributed by atoms with Crippen molar-refractivity contribution >= 4 is 62.4 Å². The van der Waals surface area contributed by atoms with Crippen LogP contribution in [0, 0.1) is 13.8 Å². The molecule has 0 spiro atoms. The van der Waals surface area contributed by atoms with Crippen LogP contribution in [0.3, 0.4) is 0 Å². The molecule has 3 amide bonds. The summed E-state index contributed by atoms with van der Waals surface area (Å²) in [6, 6.07) is 27.8. The van der Waals surface area contributed by atoms with Crippen molar-refractivity contribution in [2.45, 2.75) is 24.7 Å². The van der Waals surface area contributed by atoms with Crippen molar-refractivity contribution in [3.8, 4) is 0 Å². The molecule has 7 nitrogen and oxygen atoms in total. The molecule has 1 heterocycles. The van der Waals surface area contributed by atoms with Gasteiger partial charge in [-0.1, -0.05) is 66.4 Å². The minimum atomic E-state index is -0.378. The Balaban J connectivity index is 1.22. The SMILES string of the molecule is Cc1ccc(C)c(NC(=O)CSc2nc3ccc(NC(=O)c4ccccc4C(=O)NCc4ccccc4)cc3s2)c1. The van der Waals surface area contributed by atoms with Crippen LogP contribution in [0.2, 0.25) is 0 Å². The molecule has 0 radical (unpaired) electrons. The van der Waals surface area contributed by atoms with Gasteiger partial charge in [0, 0.05) is 17.9 Å². The van der Waals surface area contributed by atoms with E-state index in [4.69, 9.17) is 0 Å². The Labute approximate surface area is 246 Å². The first kappa shape index (κ1) is 28.1. The van der Waals surface area contributed by atoms with Crippen molar-refractivity contribution in [1.29, 1.82) is 0 Å². The molecule has 9 heteroatoms. The Morgan fingerprint density at radius 1 is 0.805 bits per heavy atom. The van der Waals surface area contributed by atoms with Gasteiger partial charge >= 0.3 is 0 Å². The number of fused-ring (bicyclic) bond motifs is 1. The van der Waals surface area contributed by atoms with E-state index in [9.17, 15) is 14.4 Å². The molecule has 0 aliphatic heterocycles. The lowest BCUT2D eigenvalue weighted by Crippen LogP contribution is -2.26. The van der Waals surface area contributed by atoms with Crippen molar-refractivity contribution in [2.24, 2.45) is 0 Å². The summed E-state index contributed by atoms with van der Waals surface area (Å²) < 4.78 is 1.65. The average molecular weight is 581 g/mol. The maximum absolute atomic E-state index is 13.2. The summed E-state index contributed by atoms with van der Waals surface area (Å²) >= 11 is 2.83. The van der Waals surface area contributed by atoms with E-state index in [0.29, 0.717) is 17.8 Å². The van der Waals surface area contributed by atoms with Gasteiger partial charge < -0.3 is 16.0 Å². The Bertz CT molecular complexity index is 1730. The van der Waals surface area contributed by atoms with Crippen LogP contribution in [0.4, 0.5) is 11.4 Å². The molecule has 5 rings (SSSR count). The van der Waals surface area contributed by atoms with Gasteiger partial charge in [-0.2, -0.15) is 0 Å². The van der Waals surface area contributed by atoms with Gasteiger partial charge in [-0.05, 0) is 66.9 Å². The predicted octanol–water partition coefficient (Wildman–Crippen LogP) is 6.83. The number of aromatic nitrogens is 1. The lowest BCUT2D eigenvalue weighted by molar-refractivity contribution is -0.113. The molecule has 0 unspecified atom stereocenters. The van der Waals surface area contributed by atoms with Crippen LogP contribution < -0.4 is 16.0 Å². The number of thiazole rings is 1. The maximum atomic E-state index is 13.2. The largest absolute Gasteiger partial charge is 0.348 e. The zero-order valence-electron chi connectivity index (χ0n) is 22.6. The third-order valence-corrected chi connectivity index (χ3v) is 8.49.